The first kappa shape index (κ1) is 14.4. The number of likely N-dealkylation sites (tertiary alicyclic amines) is 1. The molecule has 0 N–H and O–H groups in total. The zero-order valence-electron chi connectivity index (χ0n) is 11.9. The molecule has 2 rings (SSSR count). The number of halogens is 1. The molecule has 1 aromatic heterocycles. The van der Waals surface area contributed by atoms with Gasteiger partial charge in [-0.1, -0.05) is 11.6 Å². The number of carbonyl (C=O) groups excluding carboxylic acids is 1. The van der Waals surface area contributed by atoms with Crippen molar-refractivity contribution in [1.29, 1.82) is 0 Å². The van der Waals surface area contributed by atoms with Crippen LogP contribution in [0.15, 0.2) is 0 Å². The van der Waals surface area contributed by atoms with Gasteiger partial charge in [0.1, 0.15) is 0 Å². The molecule has 19 heavy (non-hydrogen) atoms. The molecule has 1 aliphatic rings. The Hall–Kier alpha value is -1.03. The summed E-state index contributed by atoms with van der Waals surface area (Å²) in [4.78, 5) is 14.2. The lowest BCUT2D eigenvalue weighted by Gasteiger charge is -2.33. The number of hydrogen-bond donors (Lipinski definition) is 0. The van der Waals surface area contributed by atoms with E-state index in [1.807, 2.05) is 23.4 Å². The van der Waals surface area contributed by atoms with Crippen molar-refractivity contribution < 1.29 is 4.79 Å². The number of amides is 1. The summed E-state index contributed by atoms with van der Waals surface area (Å²) < 4.78 is 1.84. The van der Waals surface area contributed by atoms with Gasteiger partial charge >= 0.3 is 0 Å². The van der Waals surface area contributed by atoms with Gasteiger partial charge in [0.15, 0.2) is 0 Å². The van der Waals surface area contributed by atoms with E-state index >= 15 is 0 Å². The molecule has 0 bridgehead atoms. The van der Waals surface area contributed by atoms with Gasteiger partial charge in [0, 0.05) is 19.0 Å². The van der Waals surface area contributed by atoms with Gasteiger partial charge in [-0.15, -0.1) is 0 Å². The van der Waals surface area contributed by atoms with Crippen LogP contribution in [0.2, 0.25) is 5.02 Å². The first-order valence-corrected chi connectivity index (χ1v) is 7.37. The van der Waals surface area contributed by atoms with E-state index in [-0.39, 0.29) is 5.91 Å². The lowest BCUT2D eigenvalue weighted by atomic mass is 10.0. The fraction of sp³-hybridized carbons (Fsp3) is 0.714. The van der Waals surface area contributed by atoms with Crippen molar-refractivity contribution in [3.8, 4) is 0 Å². The number of hydrogen-bond acceptors (Lipinski definition) is 2. The summed E-state index contributed by atoms with van der Waals surface area (Å²) in [6.45, 7) is 7.48. The summed E-state index contributed by atoms with van der Waals surface area (Å²) in [6, 6.07) is 0.380. The van der Waals surface area contributed by atoms with Crippen LogP contribution in [0.3, 0.4) is 0 Å². The van der Waals surface area contributed by atoms with Gasteiger partial charge in [-0.25, -0.2) is 0 Å². The number of piperidine rings is 1. The highest BCUT2D eigenvalue weighted by Crippen LogP contribution is 2.20. The van der Waals surface area contributed by atoms with E-state index in [1.54, 1.807) is 0 Å². The molecule has 0 spiro atoms. The Morgan fingerprint density at radius 3 is 2.74 bits per heavy atom. The van der Waals surface area contributed by atoms with Crippen LogP contribution in [0, 0.1) is 13.8 Å². The van der Waals surface area contributed by atoms with Crippen molar-refractivity contribution in [2.24, 2.45) is 0 Å². The molecular weight excluding hydrogens is 262 g/mol. The standard InChI is InChI=1S/C14H22ClN3O/c1-10-6-4-5-8-17(10)13(19)7-9-18-12(3)14(15)11(2)16-18/h10H,4-9H2,1-3H3/t10-/m0/s1. The lowest BCUT2D eigenvalue weighted by Crippen LogP contribution is -2.42. The van der Waals surface area contributed by atoms with E-state index in [4.69, 9.17) is 11.6 Å². The van der Waals surface area contributed by atoms with Gasteiger partial charge in [-0.2, -0.15) is 5.10 Å². The molecule has 106 valence electrons. The van der Waals surface area contributed by atoms with Gasteiger partial charge in [0.25, 0.3) is 0 Å². The predicted octanol–water partition coefficient (Wildman–Crippen LogP) is 2.94. The SMILES string of the molecule is Cc1nn(CCC(=O)N2CCCC[C@@H]2C)c(C)c1Cl. The number of aromatic nitrogens is 2. The number of rotatable bonds is 3. The molecule has 0 aliphatic carbocycles. The van der Waals surface area contributed by atoms with E-state index in [0.717, 1.165) is 30.8 Å². The van der Waals surface area contributed by atoms with Crippen molar-refractivity contribution in [3.05, 3.63) is 16.4 Å². The summed E-state index contributed by atoms with van der Waals surface area (Å²) >= 11 is 6.11. The molecule has 0 radical (unpaired) electrons. The topological polar surface area (TPSA) is 38.1 Å². The Balaban J connectivity index is 1.94. The van der Waals surface area contributed by atoms with Gasteiger partial charge in [-0.05, 0) is 40.0 Å². The number of aryl methyl sites for hydroxylation is 2. The number of nitrogens with zero attached hydrogens (tertiary/aromatic N) is 3. The molecule has 1 fully saturated rings. The molecule has 1 atom stereocenters. The van der Waals surface area contributed by atoms with Crippen molar-refractivity contribution >= 4 is 17.5 Å². The smallest absolute Gasteiger partial charge is 0.224 e. The molecule has 0 unspecified atom stereocenters. The molecule has 0 aromatic carbocycles. The molecule has 0 saturated carbocycles. The normalized spacial score (nSPS) is 19.8. The zero-order valence-corrected chi connectivity index (χ0v) is 12.7. The average Bonchev–Trinajstić information content (AvgIpc) is 2.64. The summed E-state index contributed by atoms with van der Waals surface area (Å²) in [5, 5.41) is 5.07. The average molecular weight is 284 g/mol. The molecule has 1 aliphatic heterocycles. The maximum absolute atomic E-state index is 12.2. The van der Waals surface area contributed by atoms with E-state index in [1.165, 1.54) is 6.42 Å². The predicted molar refractivity (Wildman–Crippen MR) is 76.4 cm³/mol. The van der Waals surface area contributed by atoms with Crippen LogP contribution in [0.4, 0.5) is 0 Å². The molecule has 1 saturated heterocycles. The van der Waals surface area contributed by atoms with E-state index < -0.39 is 0 Å². The maximum Gasteiger partial charge on any atom is 0.224 e. The fourth-order valence-electron chi connectivity index (χ4n) is 2.71. The van der Waals surface area contributed by atoms with E-state index in [9.17, 15) is 4.79 Å². The molecular formula is C14H22ClN3O. The zero-order chi connectivity index (χ0) is 14.0. The second-order valence-corrected chi connectivity index (χ2v) is 5.77. The summed E-state index contributed by atoms with van der Waals surface area (Å²) in [7, 11) is 0. The van der Waals surface area contributed by atoms with Crippen LogP contribution in [0.25, 0.3) is 0 Å². The van der Waals surface area contributed by atoms with E-state index in [0.29, 0.717) is 24.0 Å². The quantitative estimate of drug-likeness (QED) is 0.855. The van der Waals surface area contributed by atoms with Crippen LogP contribution < -0.4 is 0 Å². The highest BCUT2D eigenvalue weighted by atomic mass is 35.5. The summed E-state index contributed by atoms with van der Waals surface area (Å²) in [6.07, 6.45) is 3.99. The maximum atomic E-state index is 12.2. The third-order valence-electron chi connectivity index (χ3n) is 3.95. The van der Waals surface area contributed by atoms with Gasteiger partial charge in [0.2, 0.25) is 5.91 Å². The van der Waals surface area contributed by atoms with Crippen molar-refractivity contribution in [2.75, 3.05) is 6.54 Å². The van der Waals surface area contributed by atoms with Crippen LogP contribution in [0.5, 0.6) is 0 Å². The van der Waals surface area contributed by atoms with Gasteiger partial charge < -0.3 is 4.90 Å². The van der Waals surface area contributed by atoms with Gasteiger partial charge in [0.05, 0.1) is 23.0 Å². The highest BCUT2D eigenvalue weighted by Gasteiger charge is 2.23. The second-order valence-electron chi connectivity index (χ2n) is 5.39. The molecule has 5 heteroatoms. The third kappa shape index (κ3) is 3.11. The van der Waals surface area contributed by atoms with E-state index in [2.05, 4.69) is 12.0 Å². The fourth-order valence-corrected chi connectivity index (χ4v) is 2.84. The monoisotopic (exact) mass is 283 g/mol. The summed E-state index contributed by atoms with van der Waals surface area (Å²) in [5.41, 5.74) is 1.77. The van der Waals surface area contributed by atoms with Crippen molar-refractivity contribution in [3.63, 3.8) is 0 Å². The summed E-state index contributed by atoms with van der Waals surface area (Å²) in [5.74, 6) is 0.232. The number of carbonyl (C=O) groups is 1. The molecule has 1 aromatic rings. The molecule has 2 heterocycles. The second kappa shape index (κ2) is 5.95. The van der Waals surface area contributed by atoms with Crippen molar-refractivity contribution in [1.82, 2.24) is 14.7 Å². The Kier molecular flexibility index (Phi) is 4.50. The first-order chi connectivity index (χ1) is 9.00. The van der Waals surface area contributed by atoms with Crippen molar-refractivity contribution in [2.45, 2.75) is 59.0 Å². The Bertz CT molecular complexity index is 470. The van der Waals surface area contributed by atoms with Crippen LogP contribution in [-0.4, -0.2) is 33.2 Å². The van der Waals surface area contributed by atoms with Gasteiger partial charge in [-0.3, -0.25) is 9.48 Å². The largest absolute Gasteiger partial charge is 0.340 e. The third-order valence-corrected chi connectivity index (χ3v) is 4.50. The highest BCUT2D eigenvalue weighted by molar-refractivity contribution is 6.31. The lowest BCUT2D eigenvalue weighted by molar-refractivity contribution is -0.134. The first-order valence-electron chi connectivity index (χ1n) is 6.99. The van der Waals surface area contributed by atoms with Crippen LogP contribution in [0.1, 0.15) is 44.0 Å². The minimum atomic E-state index is 0.232. The molecule has 4 nitrogen and oxygen atoms in total. The van der Waals surface area contributed by atoms with Crippen LogP contribution in [-0.2, 0) is 11.3 Å². The van der Waals surface area contributed by atoms with Crippen LogP contribution >= 0.6 is 11.6 Å². The Morgan fingerprint density at radius 1 is 1.42 bits per heavy atom. The minimum absolute atomic E-state index is 0.232. The Labute approximate surface area is 119 Å². The minimum Gasteiger partial charge on any atom is -0.340 e. The Morgan fingerprint density at radius 2 is 2.16 bits per heavy atom. The molecule has 1 amide bonds.